The molecule has 25 heavy (non-hydrogen) atoms. The number of hydrogen-bond donors (Lipinski definition) is 2. The van der Waals surface area contributed by atoms with Crippen molar-refractivity contribution in [3.05, 3.63) is 17.7 Å². The van der Waals surface area contributed by atoms with Gasteiger partial charge >= 0.3 is 5.97 Å². The summed E-state index contributed by atoms with van der Waals surface area (Å²) < 4.78 is 2.19. The summed E-state index contributed by atoms with van der Waals surface area (Å²) in [6, 6.07) is 0.415. The first-order chi connectivity index (χ1) is 12.1. The van der Waals surface area contributed by atoms with Crippen molar-refractivity contribution in [2.45, 2.75) is 32.2 Å². The van der Waals surface area contributed by atoms with Crippen LogP contribution in [0.4, 0.5) is 0 Å². The molecule has 0 aliphatic carbocycles. The van der Waals surface area contributed by atoms with Gasteiger partial charge in [0.15, 0.2) is 0 Å². The van der Waals surface area contributed by atoms with Gasteiger partial charge in [-0.3, -0.25) is 14.5 Å². The maximum absolute atomic E-state index is 12.8. The third kappa shape index (κ3) is 4.19. The highest BCUT2D eigenvalue weighted by molar-refractivity contribution is 5.92. The van der Waals surface area contributed by atoms with Crippen LogP contribution in [0.2, 0.25) is 0 Å². The van der Waals surface area contributed by atoms with Crippen LogP contribution in [-0.4, -0.2) is 82.1 Å². The van der Waals surface area contributed by atoms with Gasteiger partial charge in [0.1, 0.15) is 11.5 Å². The zero-order valence-corrected chi connectivity index (χ0v) is 14.8. The second kappa shape index (κ2) is 7.97. The van der Waals surface area contributed by atoms with Crippen LogP contribution >= 0.6 is 0 Å². The highest BCUT2D eigenvalue weighted by Crippen LogP contribution is 2.22. The van der Waals surface area contributed by atoms with E-state index in [1.54, 1.807) is 4.90 Å². The molecule has 2 aliphatic heterocycles. The van der Waals surface area contributed by atoms with Gasteiger partial charge in [0.05, 0.1) is 6.54 Å². The first kappa shape index (κ1) is 17.9. The van der Waals surface area contributed by atoms with Gasteiger partial charge in [0, 0.05) is 44.8 Å². The fourth-order valence-electron chi connectivity index (χ4n) is 3.66. The maximum atomic E-state index is 12.8. The van der Waals surface area contributed by atoms with Crippen molar-refractivity contribution in [3.8, 4) is 0 Å². The Hall–Kier alpha value is -1.93. The predicted molar refractivity (Wildman–Crippen MR) is 92.7 cm³/mol. The summed E-state index contributed by atoms with van der Waals surface area (Å²) in [6.45, 7) is 6.38. The Bertz CT molecular complexity index is 616. The molecule has 1 amide bonds. The quantitative estimate of drug-likeness (QED) is 0.790. The number of aromatic nitrogens is 2. The second-order valence-electron chi connectivity index (χ2n) is 6.75. The molecule has 3 rings (SSSR count). The average Bonchev–Trinajstić information content (AvgIpc) is 3.06. The van der Waals surface area contributed by atoms with Crippen LogP contribution in [0, 0.1) is 0 Å². The third-order valence-electron chi connectivity index (χ3n) is 5.06. The average molecular weight is 349 g/mol. The number of carboxylic acids is 1. The van der Waals surface area contributed by atoms with Gasteiger partial charge in [0.2, 0.25) is 0 Å². The lowest BCUT2D eigenvalue weighted by molar-refractivity contribution is -0.138. The van der Waals surface area contributed by atoms with E-state index in [0.717, 1.165) is 38.2 Å². The molecule has 0 unspecified atom stereocenters. The van der Waals surface area contributed by atoms with Gasteiger partial charge in [0.25, 0.3) is 5.91 Å². The summed E-state index contributed by atoms with van der Waals surface area (Å²) in [4.78, 5) is 31.8. The minimum Gasteiger partial charge on any atom is -0.480 e. The van der Waals surface area contributed by atoms with Gasteiger partial charge in [-0.15, -0.1) is 0 Å². The molecule has 0 aromatic carbocycles. The summed E-state index contributed by atoms with van der Waals surface area (Å²) in [7, 11) is 0. The predicted octanol–water partition coefficient (Wildman–Crippen LogP) is 0.212. The van der Waals surface area contributed by atoms with E-state index in [4.69, 9.17) is 5.11 Å². The lowest BCUT2D eigenvalue weighted by Crippen LogP contribution is -2.50. The van der Waals surface area contributed by atoms with Crippen LogP contribution in [0.1, 0.15) is 42.1 Å². The number of nitrogens with one attached hydrogen (secondary N) is 1. The molecule has 2 aliphatic rings. The van der Waals surface area contributed by atoms with Crippen LogP contribution in [0.3, 0.4) is 0 Å². The van der Waals surface area contributed by atoms with Crippen molar-refractivity contribution < 1.29 is 14.7 Å². The summed E-state index contributed by atoms with van der Waals surface area (Å²) in [5, 5.41) is 12.2. The fourth-order valence-corrected chi connectivity index (χ4v) is 3.66. The molecule has 2 fully saturated rings. The maximum Gasteiger partial charge on any atom is 0.317 e. The van der Waals surface area contributed by atoms with Crippen LogP contribution < -0.4 is 5.32 Å². The van der Waals surface area contributed by atoms with Crippen molar-refractivity contribution in [1.29, 1.82) is 0 Å². The number of carboxylic acid groups (broad SMARTS) is 1. The number of aryl methyl sites for hydroxylation is 1. The van der Waals surface area contributed by atoms with E-state index < -0.39 is 5.97 Å². The molecule has 3 heterocycles. The Kier molecular flexibility index (Phi) is 5.70. The Labute approximate surface area is 147 Å². The monoisotopic (exact) mass is 349 g/mol. The van der Waals surface area contributed by atoms with E-state index in [-0.39, 0.29) is 12.5 Å². The standard InChI is InChI=1S/C17H27N5O3/c1-2-15-19-14(11-22(15)13-3-5-18-6-4-13)17(25)21-9-7-20(8-10-21)12-16(23)24/h11,13,18H,2-10,12H2,1H3,(H,23,24). The van der Waals surface area contributed by atoms with E-state index in [1.165, 1.54) is 0 Å². The Balaban J connectivity index is 1.66. The SMILES string of the molecule is CCc1nc(C(=O)N2CCN(CC(=O)O)CC2)cn1C1CCNCC1. The van der Waals surface area contributed by atoms with E-state index in [2.05, 4.69) is 21.8 Å². The summed E-state index contributed by atoms with van der Waals surface area (Å²) >= 11 is 0. The lowest BCUT2D eigenvalue weighted by atomic mass is 10.1. The number of hydrogen-bond acceptors (Lipinski definition) is 5. The summed E-state index contributed by atoms with van der Waals surface area (Å²) in [5.74, 6) is 0.102. The Morgan fingerprint density at radius 3 is 2.52 bits per heavy atom. The first-order valence-electron chi connectivity index (χ1n) is 9.10. The number of carbonyl (C=O) groups is 2. The topological polar surface area (TPSA) is 90.7 Å². The molecular formula is C17H27N5O3. The molecule has 2 N–H and O–H groups in total. The minimum absolute atomic E-state index is 0.0341. The highest BCUT2D eigenvalue weighted by atomic mass is 16.4. The normalized spacial score (nSPS) is 20.0. The minimum atomic E-state index is -0.826. The van der Waals surface area contributed by atoms with E-state index >= 15 is 0 Å². The summed E-state index contributed by atoms with van der Waals surface area (Å²) in [6.07, 6.45) is 4.85. The Morgan fingerprint density at radius 1 is 1.24 bits per heavy atom. The largest absolute Gasteiger partial charge is 0.480 e. The molecule has 0 spiro atoms. The van der Waals surface area contributed by atoms with Crippen LogP contribution in [0.15, 0.2) is 6.20 Å². The van der Waals surface area contributed by atoms with Gasteiger partial charge in [-0.1, -0.05) is 6.92 Å². The molecular weight excluding hydrogens is 322 g/mol. The molecule has 1 aromatic heterocycles. The number of piperidine rings is 1. The van der Waals surface area contributed by atoms with Gasteiger partial charge in [-0.2, -0.15) is 0 Å². The van der Waals surface area contributed by atoms with Gasteiger partial charge < -0.3 is 19.9 Å². The van der Waals surface area contributed by atoms with Crippen molar-refractivity contribution in [1.82, 2.24) is 24.7 Å². The Morgan fingerprint density at radius 2 is 1.92 bits per heavy atom. The van der Waals surface area contributed by atoms with Crippen molar-refractivity contribution in [3.63, 3.8) is 0 Å². The summed E-state index contributed by atoms with van der Waals surface area (Å²) in [5.41, 5.74) is 0.516. The number of nitrogens with zero attached hydrogens (tertiary/aromatic N) is 4. The molecule has 0 bridgehead atoms. The van der Waals surface area contributed by atoms with Gasteiger partial charge in [-0.25, -0.2) is 4.98 Å². The van der Waals surface area contributed by atoms with E-state index in [9.17, 15) is 9.59 Å². The van der Waals surface area contributed by atoms with Crippen LogP contribution in [0.25, 0.3) is 0 Å². The van der Waals surface area contributed by atoms with Crippen LogP contribution in [0.5, 0.6) is 0 Å². The lowest BCUT2D eigenvalue weighted by Gasteiger charge is -2.33. The molecule has 0 radical (unpaired) electrons. The van der Waals surface area contributed by atoms with Gasteiger partial charge in [-0.05, 0) is 25.9 Å². The first-order valence-corrected chi connectivity index (χ1v) is 9.10. The van der Waals surface area contributed by atoms with E-state index in [0.29, 0.717) is 37.9 Å². The number of amides is 1. The molecule has 1 aromatic rings. The second-order valence-corrected chi connectivity index (χ2v) is 6.75. The number of rotatable bonds is 5. The van der Waals surface area contributed by atoms with Crippen molar-refractivity contribution >= 4 is 11.9 Å². The molecule has 0 saturated carbocycles. The molecule has 138 valence electrons. The molecule has 2 saturated heterocycles. The molecule has 8 nitrogen and oxygen atoms in total. The number of piperazine rings is 1. The van der Waals surface area contributed by atoms with E-state index in [1.807, 2.05) is 11.1 Å². The molecule has 8 heteroatoms. The fraction of sp³-hybridized carbons (Fsp3) is 0.706. The number of imidazole rings is 1. The van der Waals surface area contributed by atoms with Crippen molar-refractivity contribution in [2.75, 3.05) is 45.8 Å². The number of aliphatic carboxylic acids is 1. The highest BCUT2D eigenvalue weighted by Gasteiger charge is 2.26. The zero-order chi connectivity index (χ0) is 17.8. The zero-order valence-electron chi connectivity index (χ0n) is 14.8. The third-order valence-corrected chi connectivity index (χ3v) is 5.06. The van der Waals surface area contributed by atoms with Crippen LogP contribution in [-0.2, 0) is 11.2 Å². The molecule has 0 atom stereocenters. The number of carbonyl (C=O) groups excluding carboxylic acids is 1. The smallest absolute Gasteiger partial charge is 0.317 e. The van der Waals surface area contributed by atoms with Crippen molar-refractivity contribution in [2.24, 2.45) is 0 Å².